The van der Waals surface area contributed by atoms with Gasteiger partial charge >= 0.3 is 0 Å². The molecule has 2 N–H and O–H groups in total. The SMILES string of the molecule is CC(C)Oc1cccc(NC(=S)NC(=O)c2cc(Br)ccc2OCCc2ccccc2)c1. The summed E-state index contributed by atoms with van der Waals surface area (Å²) in [5.41, 5.74) is 2.29. The van der Waals surface area contributed by atoms with Gasteiger partial charge in [-0.25, -0.2) is 0 Å². The third-order valence-electron chi connectivity index (χ3n) is 4.37. The molecular formula is C25H25BrN2O3S. The van der Waals surface area contributed by atoms with Gasteiger partial charge in [0.25, 0.3) is 5.91 Å². The second kappa shape index (κ2) is 11.6. The summed E-state index contributed by atoms with van der Waals surface area (Å²) < 4.78 is 12.4. The van der Waals surface area contributed by atoms with Crippen molar-refractivity contribution in [3.8, 4) is 11.5 Å². The zero-order valence-corrected chi connectivity index (χ0v) is 20.3. The Kier molecular flexibility index (Phi) is 8.64. The molecule has 3 aromatic carbocycles. The number of anilines is 1. The zero-order valence-electron chi connectivity index (χ0n) is 17.9. The molecule has 0 fully saturated rings. The fourth-order valence-corrected chi connectivity index (χ4v) is 3.55. The van der Waals surface area contributed by atoms with E-state index < -0.39 is 0 Å². The van der Waals surface area contributed by atoms with Crippen LogP contribution in [0.4, 0.5) is 5.69 Å². The maximum Gasteiger partial charge on any atom is 0.261 e. The monoisotopic (exact) mass is 512 g/mol. The number of hydrogen-bond acceptors (Lipinski definition) is 4. The van der Waals surface area contributed by atoms with Crippen molar-refractivity contribution in [3.63, 3.8) is 0 Å². The second-order valence-electron chi connectivity index (χ2n) is 7.33. The number of carbonyl (C=O) groups excluding carboxylic acids is 1. The van der Waals surface area contributed by atoms with E-state index in [4.69, 9.17) is 21.7 Å². The van der Waals surface area contributed by atoms with Crippen molar-refractivity contribution >= 4 is 44.9 Å². The molecule has 0 radical (unpaired) electrons. The van der Waals surface area contributed by atoms with Crippen molar-refractivity contribution in [2.24, 2.45) is 0 Å². The lowest BCUT2D eigenvalue weighted by Crippen LogP contribution is -2.34. The van der Waals surface area contributed by atoms with Crippen LogP contribution < -0.4 is 20.1 Å². The van der Waals surface area contributed by atoms with Gasteiger partial charge in [0.05, 0.1) is 18.3 Å². The standard InChI is InChI=1S/C25H25BrN2O3S/c1-17(2)31-21-10-6-9-20(16-21)27-25(32)28-24(29)22-15-19(26)11-12-23(22)30-14-13-18-7-4-3-5-8-18/h3-12,15-17H,13-14H2,1-2H3,(H2,27,28,29,32). The summed E-state index contributed by atoms with van der Waals surface area (Å²) in [5.74, 6) is 0.866. The molecule has 166 valence electrons. The van der Waals surface area contributed by atoms with Gasteiger partial charge in [0.15, 0.2) is 5.11 Å². The molecule has 32 heavy (non-hydrogen) atoms. The van der Waals surface area contributed by atoms with Gasteiger partial charge in [-0.15, -0.1) is 0 Å². The first-order valence-electron chi connectivity index (χ1n) is 10.3. The Morgan fingerprint density at radius 1 is 1.03 bits per heavy atom. The number of halogens is 1. The van der Waals surface area contributed by atoms with Crippen molar-refractivity contribution in [1.29, 1.82) is 0 Å². The number of nitrogens with one attached hydrogen (secondary N) is 2. The molecule has 0 bridgehead atoms. The van der Waals surface area contributed by atoms with Crippen LogP contribution in [0.2, 0.25) is 0 Å². The van der Waals surface area contributed by atoms with Crippen LogP contribution >= 0.6 is 28.1 Å². The van der Waals surface area contributed by atoms with E-state index in [2.05, 4.69) is 26.6 Å². The molecule has 3 rings (SSSR count). The predicted octanol–water partition coefficient (Wildman–Crippen LogP) is 5.98. The van der Waals surface area contributed by atoms with Crippen LogP contribution in [-0.4, -0.2) is 23.7 Å². The van der Waals surface area contributed by atoms with Gasteiger partial charge in [-0.1, -0.05) is 52.3 Å². The van der Waals surface area contributed by atoms with Gasteiger partial charge in [0, 0.05) is 22.6 Å². The highest BCUT2D eigenvalue weighted by atomic mass is 79.9. The first kappa shape index (κ1) is 23.8. The molecule has 0 saturated heterocycles. The predicted molar refractivity (Wildman–Crippen MR) is 136 cm³/mol. The minimum Gasteiger partial charge on any atom is -0.492 e. The van der Waals surface area contributed by atoms with Crippen molar-refractivity contribution in [3.05, 3.63) is 88.4 Å². The van der Waals surface area contributed by atoms with E-state index in [-0.39, 0.29) is 17.1 Å². The Labute approximate surface area is 202 Å². The Hall–Kier alpha value is -2.90. The largest absolute Gasteiger partial charge is 0.492 e. The molecule has 5 nitrogen and oxygen atoms in total. The number of rotatable bonds is 8. The molecule has 0 aliphatic carbocycles. The molecule has 1 amide bonds. The Bertz CT molecular complexity index is 1070. The van der Waals surface area contributed by atoms with Crippen LogP contribution in [-0.2, 0) is 6.42 Å². The van der Waals surface area contributed by atoms with Gasteiger partial charge < -0.3 is 14.8 Å². The highest BCUT2D eigenvalue weighted by Gasteiger charge is 2.15. The summed E-state index contributed by atoms with van der Waals surface area (Å²) in [4.78, 5) is 12.9. The molecule has 0 aromatic heterocycles. The number of ether oxygens (including phenoxy) is 2. The number of amides is 1. The van der Waals surface area contributed by atoms with Crippen LogP contribution in [0.15, 0.2) is 77.3 Å². The highest BCUT2D eigenvalue weighted by molar-refractivity contribution is 9.10. The molecule has 0 spiro atoms. The Morgan fingerprint density at radius 2 is 1.81 bits per heavy atom. The lowest BCUT2D eigenvalue weighted by Gasteiger charge is -2.15. The van der Waals surface area contributed by atoms with Crippen LogP contribution in [0, 0.1) is 0 Å². The average Bonchev–Trinajstić information content (AvgIpc) is 2.75. The molecule has 0 aliphatic rings. The minimum absolute atomic E-state index is 0.0637. The molecule has 7 heteroatoms. The van der Waals surface area contributed by atoms with Crippen molar-refractivity contribution < 1.29 is 14.3 Å². The average molecular weight is 513 g/mol. The van der Waals surface area contributed by atoms with E-state index in [1.165, 1.54) is 5.56 Å². The topological polar surface area (TPSA) is 59.6 Å². The van der Waals surface area contributed by atoms with E-state index in [9.17, 15) is 4.79 Å². The maximum atomic E-state index is 12.9. The van der Waals surface area contributed by atoms with E-state index in [1.54, 1.807) is 12.1 Å². The number of benzene rings is 3. The molecule has 0 saturated carbocycles. The number of hydrogen-bond donors (Lipinski definition) is 2. The van der Waals surface area contributed by atoms with Gasteiger partial charge in [-0.2, -0.15) is 0 Å². The molecule has 0 unspecified atom stereocenters. The third-order valence-corrected chi connectivity index (χ3v) is 5.07. The van der Waals surface area contributed by atoms with Gasteiger partial charge in [0.1, 0.15) is 11.5 Å². The lowest BCUT2D eigenvalue weighted by molar-refractivity contribution is 0.0973. The fraction of sp³-hybridized carbons (Fsp3) is 0.200. The van der Waals surface area contributed by atoms with Gasteiger partial charge in [-0.05, 0) is 62.0 Å². The first-order valence-corrected chi connectivity index (χ1v) is 11.5. The van der Waals surface area contributed by atoms with Gasteiger partial charge in [-0.3, -0.25) is 10.1 Å². The zero-order chi connectivity index (χ0) is 22.9. The van der Waals surface area contributed by atoms with E-state index in [0.717, 1.165) is 22.3 Å². The summed E-state index contributed by atoms with van der Waals surface area (Å²) in [7, 11) is 0. The van der Waals surface area contributed by atoms with Crippen molar-refractivity contribution in [2.45, 2.75) is 26.4 Å². The smallest absolute Gasteiger partial charge is 0.261 e. The normalized spacial score (nSPS) is 10.5. The second-order valence-corrected chi connectivity index (χ2v) is 8.65. The number of carbonyl (C=O) groups is 1. The Morgan fingerprint density at radius 3 is 2.56 bits per heavy atom. The molecular weight excluding hydrogens is 488 g/mol. The van der Waals surface area contributed by atoms with Crippen molar-refractivity contribution in [1.82, 2.24) is 5.32 Å². The summed E-state index contributed by atoms with van der Waals surface area (Å²) in [6.07, 6.45) is 0.806. The van der Waals surface area contributed by atoms with E-state index in [1.807, 2.05) is 74.5 Å². The lowest BCUT2D eigenvalue weighted by atomic mass is 10.1. The van der Waals surface area contributed by atoms with Crippen LogP contribution in [0.5, 0.6) is 11.5 Å². The quantitative estimate of drug-likeness (QED) is 0.363. The van der Waals surface area contributed by atoms with Crippen molar-refractivity contribution in [2.75, 3.05) is 11.9 Å². The highest BCUT2D eigenvalue weighted by Crippen LogP contribution is 2.24. The molecule has 0 aliphatic heterocycles. The fourth-order valence-electron chi connectivity index (χ4n) is 2.98. The van der Waals surface area contributed by atoms with E-state index in [0.29, 0.717) is 17.9 Å². The Balaban J connectivity index is 1.62. The van der Waals surface area contributed by atoms with Crippen LogP contribution in [0.25, 0.3) is 0 Å². The molecule has 3 aromatic rings. The summed E-state index contributed by atoms with van der Waals surface area (Å²) >= 11 is 8.75. The summed E-state index contributed by atoms with van der Waals surface area (Å²) in [6, 6.07) is 22.8. The van der Waals surface area contributed by atoms with Crippen LogP contribution in [0.3, 0.4) is 0 Å². The maximum absolute atomic E-state index is 12.9. The van der Waals surface area contributed by atoms with Crippen LogP contribution in [0.1, 0.15) is 29.8 Å². The summed E-state index contributed by atoms with van der Waals surface area (Å²) in [6.45, 7) is 4.38. The summed E-state index contributed by atoms with van der Waals surface area (Å²) in [5, 5.41) is 5.93. The van der Waals surface area contributed by atoms with Gasteiger partial charge in [0.2, 0.25) is 0 Å². The third kappa shape index (κ3) is 7.35. The first-order chi connectivity index (χ1) is 15.4. The molecule has 0 atom stereocenters. The number of thiocarbonyl (C=S) groups is 1. The molecule has 0 heterocycles. The minimum atomic E-state index is -0.354. The van der Waals surface area contributed by atoms with E-state index >= 15 is 0 Å².